The number of nitrogens with zero attached hydrogens (tertiary/aromatic N) is 4. The van der Waals surface area contributed by atoms with Gasteiger partial charge in [-0.25, -0.2) is 9.67 Å². The molecule has 0 atom stereocenters. The first-order chi connectivity index (χ1) is 10.3. The van der Waals surface area contributed by atoms with E-state index in [4.69, 9.17) is 6.42 Å². The molecular formula is C16H20N5-. The number of terminal acetylenes is 1. The summed E-state index contributed by atoms with van der Waals surface area (Å²) in [6.07, 6.45) is 9.56. The number of aryl methyl sites for hydroxylation is 1. The standard InChI is InChI=1S/C16H20N5/c1-3-10-21-16-15(12(2)20-21)14(6-9-18-16)19-11-13-4-7-17-8-5-13/h1,6,9,13H,4-5,7-8,10-11H2,2H3,(H,18,19)/q-1. The fourth-order valence-corrected chi connectivity index (χ4v) is 2.89. The van der Waals surface area contributed by atoms with Gasteiger partial charge < -0.3 is 10.6 Å². The van der Waals surface area contributed by atoms with Gasteiger partial charge in [-0.2, -0.15) is 5.10 Å². The molecule has 2 aromatic rings. The van der Waals surface area contributed by atoms with E-state index in [1.807, 2.05) is 19.2 Å². The molecule has 0 spiro atoms. The summed E-state index contributed by atoms with van der Waals surface area (Å²) in [5, 5.41) is 13.5. The van der Waals surface area contributed by atoms with Gasteiger partial charge in [0.05, 0.1) is 11.1 Å². The molecule has 3 heterocycles. The molecule has 1 saturated heterocycles. The summed E-state index contributed by atoms with van der Waals surface area (Å²) >= 11 is 0. The second kappa shape index (κ2) is 6.15. The van der Waals surface area contributed by atoms with Crippen LogP contribution in [0.2, 0.25) is 0 Å². The molecule has 1 aliphatic heterocycles. The average molecular weight is 282 g/mol. The molecule has 0 bridgehead atoms. The topological polar surface area (TPSA) is 56.8 Å². The number of anilines is 1. The highest BCUT2D eigenvalue weighted by atomic mass is 15.3. The van der Waals surface area contributed by atoms with Gasteiger partial charge in [0, 0.05) is 18.4 Å². The van der Waals surface area contributed by atoms with E-state index in [-0.39, 0.29) is 0 Å². The predicted octanol–water partition coefficient (Wildman–Crippen LogP) is 2.57. The average Bonchev–Trinajstić information content (AvgIpc) is 2.84. The lowest BCUT2D eigenvalue weighted by Gasteiger charge is -2.32. The van der Waals surface area contributed by atoms with Crippen LogP contribution in [0, 0.1) is 25.2 Å². The molecule has 0 saturated carbocycles. The van der Waals surface area contributed by atoms with Crippen molar-refractivity contribution in [1.29, 1.82) is 0 Å². The van der Waals surface area contributed by atoms with Gasteiger partial charge in [-0.05, 0) is 18.9 Å². The highest BCUT2D eigenvalue weighted by molar-refractivity contribution is 5.91. The van der Waals surface area contributed by atoms with Crippen LogP contribution in [0.4, 0.5) is 5.69 Å². The van der Waals surface area contributed by atoms with Crippen LogP contribution in [-0.4, -0.2) is 34.4 Å². The molecule has 5 nitrogen and oxygen atoms in total. The second-order valence-corrected chi connectivity index (χ2v) is 5.50. The zero-order chi connectivity index (χ0) is 14.7. The fraction of sp³-hybridized carbons (Fsp3) is 0.500. The van der Waals surface area contributed by atoms with Crippen LogP contribution in [0.25, 0.3) is 16.4 Å². The number of hydrogen-bond donors (Lipinski definition) is 1. The van der Waals surface area contributed by atoms with Crippen molar-refractivity contribution in [2.24, 2.45) is 5.92 Å². The molecule has 0 amide bonds. The summed E-state index contributed by atoms with van der Waals surface area (Å²) in [6, 6.07) is 2.02. The Balaban J connectivity index is 1.83. The van der Waals surface area contributed by atoms with Crippen molar-refractivity contribution in [3.63, 3.8) is 0 Å². The summed E-state index contributed by atoms with van der Waals surface area (Å²) in [5.41, 5.74) is 2.92. The van der Waals surface area contributed by atoms with Crippen molar-refractivity contribution in [1.82, 2.24) is 14.8 Å². The minimum absolute atomic E-state index is 0.449. The highest BCUT2D eigenvalue weighted by Gasteiger charge is 2.13. The van der Waals surface area contributed by atoms with Gasteiger partial charge in [0.2, 0.25) is 0 Å². The molecule has 110 valence electrons. The van der Waals surface area contributed by atoms with Crippen LogP contribution in [0.5, 0.6) is 0 Å². The van der Waals surface area contributed by atoms with Crippen molar-refractivity contribution < 1.29 is 0 Å². The Hall–Kier alpha value is -2.06. The second-order valence-electron chi connectivity index (χ2n) is 5.50. The molecular weight excluding hydrogens is 262 g/mol. The van der Waals surface area contributed by atoms with E-state index in [1.165, 1.54) is 12.8 Å². The maximum absolute atomic E-state index is 5.39. The van der Waals surface area contributed by atoms with Gasteiger partial charge in [0.1, 0.15) is 6.54 Å². The predicted molar refractivity (Wildman–Crippen MR) is 85.4 cm³/mol. The van der Waals surface area contributed by atoms with Crippen molar-refractivity contribution in [2.75, 3.05) is 25.0 Å². The van der Waals surface area contributed by atoms with Gasteiger partial charge in [0.25, 0.3) is 0 Å². The molecule has 21 heavy (non-hydrogen) atoms. The normalized spacial score (nSPS) is 16.0. The number of piperidine rings is 1. The molecule has 0 radical (unpaired) electrons. The van der Waals surface area contributed by atoms with Crippen molar-refractivity contribution in [2.45, 2.75) is 26.3 Å². The molecule has 1 aliphatic rings. The molecule has 2 aromatic heterocycles. The number of nitrogens with one attached hydrogen (secondary N) is 1. The first-order valence-corrected chi connectivity index (χ1v) is 7.42. The van der Waals surface area contributed by atoms with Gasteiger partial charge in [-0.15, -0.1) is 19.5 Å². The minimum Gasteiger partial charge on any atom is -0.662 e. The van der Waals surface area contributed by atoms with Crippen LogP contribution in [0.1, 0.15) is 18.5 Å². The summed E-state index contributed by atoms with van der Waals surface area (Å²) in [6.45, 7) is 5.43. The van der Waals surface area contributed by atoms with Gasteiger partial charge in [-0.1, -0.05) is 18.8 Å². The third-order valence-corrected chi connectivity index (χ3v) is 4.02. The summed E-state index contributed by atoms with van der Waals surface area (Å²) in [5.74, 6) is 3.32. The van der Waals surface area contributed by atoms with E-state index in [1.54, 1.807) is 4.68 Å². The third-order valence-electron chi connectivity index (χ3n) is 4.02. The van der Waals surface area contributed by atoms with E-state index >= 15 is 0 Å². The van der Waals surface area contributed by atoms with Gasteiger partial charge in [0.15, 0.2) is 5.65 Å². The number of aromatic nitrogens is 3. The lowest BCUT2D eigenvalue weighted by Crippen LogP contribution is -2.20. The largest absolute Gasteiger partial charge is 0.662 e. The van der Waals surface area contributed by atoms with Crippen LogP contribution >= 0.6 is 0 Å². The van der Waals surface area contributed by atoms with E-state index < -0.39 is 0 Å². The first-order valence-electron chi connectivity index (χ1n) is 7.42. The van der Waals surface area contributed by atoms with Gasteiger partial charge in [-0.3, -0.25) is 0 Å². The maximum atomic E-state index is 5.39. The smallest absolute Gasteiger partial charge is 0.161 e. The van der Waals surface area contributed by atoms with Crippen molar-refractivity contribution in [3.8, 4) is 12.3 Å². The quantitative estimate of drug-likeness (QED) is 0.877. The Morgan fingerprint density at radius 3 is 3.05 bits per heavy atom. The molecule has 0 aliphatic carbocycles. The van der Waals surface area contributed by atoms with Crippen LogP contribution in [0.3, 0.4) is 0 Å². The summed E-state index contributed by atoms with van der Waals surface area (Å²) < 4.78 is 1.79. The zero-order valence-electron chi connectivity index (χ0n) is 12.3. The molecule has 1 N–H and O–H groups in total. The Morgan fingerprint density at radius 1 is 1.48 bits per heavy atom. The Morgan fingerprint density at radius 2 is 2.29 bits per heavy atom. The first kappa shape index (κ1) is 13.9. The lowest BCUT2D eigenvalue weighted by molar-refractivity contribution is 0.469. The minimum atomic E-state index is 0.449. The maximum Gasteiger partial charge on any atom is 0.161 e. The van der Waals surface area contributed by atoms with Crippen LogP contribution in [-0.2, 0) is 6.54 Å². The Bertz CT molecular complexity index is 661. The van der Waals surface area contributed by atoms with Crippen LogP contribution < -0.4 is 5.32 Å². The number of fused-ring (bicyclic) bond motifs is 1. The van der Waals surface area contributed by atoms with E-state index in [0.717, 1.165) is 42.0 Å². The van der Waals surface area contributed by atoms with Crippen molar-refractivity contribution >= 4 is 16.7 Å². The van der Waals surface area contributed by atoms with Gasteiger partial charge >= 0.3 is 0 Å². The SMILES string of the molecule is C#CCn1nc(C)c2c(NCC3CC[N-]CC3)ccnc21. The van der Waals surface area contributed by atoms with E-state index in [2.05, 4.69) is 26.6 Å². The Kier molecular flexibility index (Phi) is 4.07. The number of pyridine rings is 1. The number of rotatable bonds is 4. The molecule has 0 unspecified atom stereocenters. The molecule has 3 rings (SSSR count). The third kappa shape index (κ3) is 2.86. The fourth-order valence-electron chi connectivity index (χ4n) is 2.89. The molecule has 1 fully saturated rings. The lowest BCUT2D eigenvalue weighted by atomic mass is 9.98. The molecule has 5 heteroatoms. The number of hydrogen-bond acceptors (Lipinski definition) is 3. The van der Waals surface area contributed by atoms with E-state index in [0.29, 0.717) is 12.5 Å². The Labute approximate surface area is 125 Å². The summed E-state index contributed by atoms with van der Waals surface area (Å²) in [7, 11) is 0. The van der Waals surface area contributed by atoms with Crippen molar-refractivity contribution in [3.05, 3.63) is 23.3 Å². The summed E-state index contributed by atoms with van der Waals surface area (Å²) in [4.78, 5) is 4.43. The monoisotopic (exact) mass is 282 g/mol. The highest BCUT2D eigenvalue weighted by Crippen LogP contribution is 2.26. The van der Waals surface area contributed by atoms with E-state index in [9.17, 15) is 0 Å². The zero-order valence-corrected chi connectivity index (χ0v) is 12.3. The molecule has 0 aromatic carbocycles. The van der Waals surface area contributed by atoms with Crippen LogP contribution in [0.15, 0.2) is 12.3 Å².